The van der Waals surface area contributed by atoms with Crippen LogP contribution >= 0.6 is 0 Å². The zero-order chi connectivity index (χ0) is 25.1. The quantitative estimate of drug-likeness (QED) is 0.306. The average molecular weight is 472 g/mol. The summed E-state index contributed by atoms with van der Waals surface area (Å²) < 4.78 is 16.9. The van der Waals surface area contributed by atoms with Crippen LogP contribution in [0.15, 0.2) is 42.6 Å². The van der Waals surface area contributed by atoms with Crippen molar-refractivity contribution in [1.29, 1.82) is 0 Å². The molecule has 1 aromatic carbocycles. The second-order valence-corrected chi connectivity index (χ2v) is 8.88. The van der Waals surface area contributed by atoms with Gasteiger partial charge in [0.25, 0.3) is 0 Å². The fourth-order valence-corrected chi connectivity index (χ4v) is 3.84. The molecule has 0 saturated carbocycles. The molecule has 0 spiro atoms. The van der Waals surface area contributed by atoms with E-state index in [9.17, 15) is 14.7 Å². The van der Waals surface area contributed by atoms with Crippen LogP contribution in [-0.4, -0.2) is 47.8 Å². The molecule has 0 fully saturated rings. The van der Waals surface area contributed by atoms with Crippen LogP contribution in [0.2, 0.25) is 0 Å². The van der Waals surface area contributed by atoms with Crippen molar-refractivity contribution in [2.45, 2.75) is 65.6 Å². The molecule has 186 valence electrons. The Hall–Kier alpha value is -2.93. The number of rotatable bonds is 14. The third kappa shape index (κ3) is 8.13. The minimum Gasteiger partial charge on any atom is -0.503 e. The summed E-state index contributed by atoms with van der Waals surface area (Å²) in [5.41, 5.74) is 1.09. The van der Waals surface area contributed by atoms with Crippen LogP contribution in [0, 0.1) is 11.8 Å². The molecule has 0 aliphatic rings. The number of benzene rings is 1. The molecule has 1 heterocycles. The fraction of sp³-hybridized carbons (Fsp3) is 0.519. The summed E-state index contributed by atoms with van der Waals surface area (Å²) in [6, 6.07) is 11.7. The molecule has 3 atom stereocenters. The number of nitrogens with zero attached hydrogens (tertiary/aromatic N) is 1. The zero-order valence-corrected chi connectivity index (χ0v) is 20.8. The number of methoxy groups -OCH3 is 1. The van der Waals surface area contributed by atoms with Gasteiger partial charge in [0, 0.05) is 25.3 Å². The van der Waals surface area contributed by atoms with E-state index in [1.807, 2.05) is 25.1 Å². The summed E-state index contributed by atoms with van der Waals surface area (Å²) in [7, 11) is 1.39. The Balaban J connectivity index is 2.01. The minimum absolute atomic E-state index is 0.117. The lowest BCUT2D eigenvalue weighted by Gasteiger charge is -2.32. The monoisotopic (exact) mass is 471 g/mol. The summed E-state index contributed by atoms with van der Waals surface area (Å²) >= 11 is 0. The van der Waals surface area contributed by atoms with Crippen molar-refractivity contribution < 1.29 is 28.9 Å². The van der Waals surface area contributed by atoms with Gasteiger partial charge in [-0.05, 0) is 30.7 Å². The Morgan fingerprint density at radius 2 is 1.76 bits per heavy atom. The molecule has 0 saturated heterocycles. The number of ether oxygens (including phenoxy) is 3. The van der Waals surface area contributed by atoms with Gasteiger partial charge in [-0.3, -0.25) is 9.59 Å². The van der Waals surface area contributed by atoms with Crippen molar-refractivity contribution >= 4 is 11.8 Å². The molecule has 2 aromatic rings. The van der Waals surface area contributed by atoms with Gasteiger partial charge >= 0.3 is 5.97 Å². The van der Waals surface area contributed by atoms with Crippen LogP contribution in [-0.2, 0) is 20.7 Å². The van der Waals surface area contributed by atoms with E-state index in [0.717, 1.165) is 12.8 Å². The first-order chi connectivity index (χ1) is 16.3. The molecule has 0 bridgehead atoms. The van der Waals surface area contributed by atoms with Crippen LogP contribution in [0.5, 0.6) is 11.5 Å². The second kappa shape index (κ2) is 13.7. The van der Waals surface area contributed by atoms with Gasteiger partial charge in [-0.2, -0.15) is 0 Å². The first-order valence-electron chi connectivity index (χ1n) is 11.9. The maximum absolute atomic E-state index is 12.6. The maximum atomic E-state index is 12.6. The predicted molar refractivity (Wildman–Crippen MR) is 130 cm³/mol. The molecular formula is C27H37NO6. The summed E-state index contributed by atoms with van der Waals surface area (Å²) in [5, 5.41) is 10.1. The topological polar surface area (TPSA) is 95.0 Å². The van der Waals surface area contributed by atoms with Crippen LogP contribution < -0.4 is 4.74 Å². The van der Waals surface area contributed by atoms with E-state index in [2.05, 4.69) is 37.9 Å². The van der Waals surface area contributed by atoms with Gasteiger partial charge in [0.1, 0.15) is 6.10 Å². The molecule has 2 rings (SSSR count). The molecule has 0 amide bonds. The summed E-state index contributed by atoms with van der Waals surface area (Å²) in [6.07, 6.45) is 2.08. The van der Waals surface area contributed by atoms with Crippen LogP contribution in [0.25, 0.3) is 0 Å². The van der Waals surface area contributed by atoms with E-state index in [-0.39, 0.29) is 42.1 Å². The molecular weight excluding hydrogens is 434 g/mol. The van der Waals surface area contributed by atoms with Crippen molar-refractivity contribution in [1.82, 2.24) is 4.98 Å². The van der Waals surface area contributed by atoms with Crippen molar-refractivity contribution in [3.8, 4) is 11.5 Å². The summed E-state index contributed by atoms with van der Waals surface area (Å²) in [6.45, 7) is 8.68. The van der Waals surface area contributed by atoms with E-state index < -0.39 is 17.9 Å². The summed E-state index contributed by atoms with van der Waals surface area (Å²) in [5.74, 6) is -0.599. The lowest BCUT2D eigenvalue weighted by molar-refractivity contribution is -0.160. The van der Waals surface area contributed by atoms with E-state index in [0.29, 0.717) is 12.5 Å². The number of aromatic hydroxyl groups is 1. The Bertz CT molecular complexity index is 915. The van der Waals surface area contributed by atoms with Crippen LogP contribution in [0.4, 0.5) is 0 Å². The fourth-order valence-electron chi connectivity index (χ4n) is 3.84. The van der Waals surface area contributed by atoms with Gasteiger partial charge in [-0.25, -0.2) is 4.98 Å². The van der Waals surface area contributed by atoms with Gasteiger partial charge < -0.3 is 19.3 Å². The highest BCUT2D eigenvalue weighted by molar-refractivity contribution is 5.98. The lowest BCUT2D eigenvalue weighted by atomic mass is 9.89. The number of hydrogen-bond donors (Lipinski definition) is 1. The molecule has 7 nitrogen and oxygen atoms in total. The summed E-state index contributed by atoms with van der Waals surface area (Å²) in [4.78, 5) is 29.0. The van der Waals surface area contributed by atoms with Crippen LogP contribution in [0.3, 0.4) is 0 Å². The van der Waals surface area contributed by atoms with Gasteiger partial charge in [0.05, 0.1) is 19.6 Å². The number of pyridine rings is 1. The van der Waals surface area contributed by atoms with E-state index in [4.69, 9.17) is 14.2 Å². The van der Waals surface area contributed by atoms with Gasteiger partial charge in [-0.15, -0.1) is 0 Å². The number of aromatic nitrogens is 1. The third-order valence-corrected chi connectivity index (χ3v) is 5.66. The third-order valence-electron chi connectivity index (χ3n) is 5.66. The van der Waals surface area contributed by atoms with Gasteiger partial charge in [-0.1, -0.05) is 57.5 Å². The lowest BCUT2D eigenvalue weighted by Crippen LogP contribution is -2.39. The number of esters is 1. The Labute approximate surface area is 202 Å². The Kier molecular flexibility index (Phi) is 11.0. The van der Waals surface area contributed by atoms with Crippen molar-refractivity contribution in [2.75, 3.05) is 13.7 Å². The predicted octanol–water partition coefficient (Wildman–Crippen LogP) is 5.00. The second-order valence-electron chi connectivity index (χ2n) is 8.88. The van der Waals surface area contributed by atoms with E-state index in [1.54, 1.807) is 0 Å². The highest BCUT2D eigenvalue weighted by Gasteiger charge is 2.30. The largest absolute Gasteiger partial charge is 0.503 e. The number of hydrogen-bond acceptors (Lipinski definition) is 7. The first kappa shape index (κ1) is 27.3. The Morgan fingerprint density at radius 1 is 1.06 bits per heavy atom. The van der Waals surface area contributed by atoms with Crippen molar-refractivity contribution in [3.05, 3.63) is 53.9 Å². The highest BCUT2D eigenvalue weighted by atomic mass is 16.6. The van der Waals surface area contributed by atoms with Gasteiger partial charge in [0.15, 0.2) is 23.0 Å². The molecule has 0 aliphatic carbocycles. The Morgan fingerprint density at radius 3 is 2.38 bits per heavy atom. The maximum Gasteiger partial charge on any atom is 0.306 e. The van der Waals surface area contributed by atoms with E-state index in [1.165, 1.54) is 24.9 Å². The molecule has 0 unspecified atom stereocenters. The standard InChI is InChI=1S/C27H37NO6/c1-6-21(16-20-10-8-7-9-11-20)27(33-17-18(2)3)19(4)34-24(30)13-12-22(29)25-26(31)23(32-5)14-15-28-25/h7-11,14-15,18-19,21,27,31H,6,12-13,16-17H2,1-5H3/t19-,21+,27-/m0/s1. The molecule has 0 aliphatic heterocycles. The van der Waals surface area contributed by atoms with Gasteiger partial charge in [0.2, 0.25) is 0 Å². The normalized spacial score (nSPS) is 13.8. The average Bonchev–Trinajstić information content (AvgIpc) is 2.82. The molecule has 1 aromatic heterocycles. The highest BCUT2D eigenvalue weighted by Crippen LogP contribution is 2.29. The smallest absolute Gasteiger partial charge is 0.306 e. The van der Waals surface area contributed by atoms with E-state index >= 15 is 0 Å². The number of Topliss-reactive ketones (excluding diaryl/α,β-unsaturated/α-hetero) is 1. The zero-order valence-electron chi connectivity index (χ0n) is 20.8. The molecule has 0 radical (unpaired) electrons. The molecule has 34 heavy (non-hydrogen) atoms. The SMILES string of the molecule is CC[C@H](Cc1ccccc1)[C@@H](OCC(C)C)[C@H](C)OC(=O)CCC(=O)c1nccc(OC)c1O. The van der Waals surface area contributed by atoms with Crippen molar-refractivity contribution in [3.63, 3.8) is 0 Å². The number of ketones is 1. The molecule has 7 heteroatoms. The first-order valence-corrected chi connectivity index (χ1v) is 11.9. The number of carbonyl (C=O) groups excluding carboxylic acids is 2. The number of carbonyl (C=O) groups is 2. The van der Waals surface area contributed by atoms with Crippen LogP contribution in [0.1, 0.15) is 63.0 Å². The minimum atomic E-state index is -0.490. The van der Waals surface area contributed by atoms with Crippen molar-refractivity contribution in [2.24, 2.45) is 11.8 Å². The molecule has 1 N–H and O–H groups in total.